The number of hydrogen-bond acceptors (Lipinski definition) is 9. The molecule has 2 saturated heterocycles. The van der Waals surface area contributed by atoms with E-state index in [-0.39, 0.29) is 41.2 Å². The van der Waals surface area contributed by atoms with Crippen LogP contribution in [0.4, 0.5) is 23.1 Å². The number of fused-ring (bicyclic) bond motifs is 2. The van der Waals surface area contributed by atoms with Gasteiger partial charge in [-0.25, -0.2) is 4.98 Å². The molecule has 6 rings (SSSR count). The number of primary amides is 1. The lowest BCUT2D eigenvalue weighted by molar-refractivity contribution is 0.0472. The number of anilines is 4. The molecule has 236 valence electrons. The summed E-state index contributed by atoms with van der Waals surface area (Å²) in [6, 6.07) is 22.1. The zero-order valence-electron chi connectivity index (χ0n) is 25.7. The third kappa shape index (κ3) is 6.61. The fourth-order valence-corrected chi connectivity index (χ4v) is 6.08. The number of carbonyl (C=O) groups excluding carboxylic acids is 3. The van der Waals surface area contributed by atoms with E-state index in [2.05, 4.69) is 37.9 Å². The number of likely N-dealkylation sites (N-methyl/N-ethyl adjacent to an activating group) is 1. The van der Waals surface area contributed by atoms with E-state index in [0.717, 1.165) is 31.5 Å². The van der Waals surface area contributed by atoms with Gasteiger partial charge in [0, 0.05) is 54.7 Å². The number of nitrogens with one attached hydrogen (secondary N) is 3. The molecule has 5 N–H and O–H groups in total. The number of carbonyl (C=O) groups is 3. The number of nitrogens with zero attached hydrogens (tertiary/aromatic N) is 4. The number of rotatable bonds is 10. The van der Waals surface area contributed by atoms with Crippen molar-refractivity contribution in [2.75, 3.05) is 37.9 Å². The molecule has 0 radical (unpaired) electrons. The maximum absolute atomic E-state index is 13.5. The number of benzene rings is 3. The third-order valence-corrected chi connectivity index (χ3v) is 8.35. The number of amides is 3. The van der Waals surface area contributed by atoms with Crippen LogP contribution < -0.4 is 26.4 Å². The van der Waals surface area contributed by atoms with Crippen LogP contribution in [-0.2, 0) is 6.54 Å². The van der Waals surface area contributed by atoms with Crippen LogP contribution in [0.5, 0.6) is 5.75 Å². The van der Waals surface area contributed by atoms with Gasteiger partial charge in [0.2, 0.25) is 5.95 Å². The van der Waals surface area contributed by atoms with Gasteiger partial charge in [0.15, 0.2) is 0 Å². The van der Waals surface area contributed by atoms with Gasteiger partial charge in [0.05, 0.1) is 12.8 Å². The van der Waals surface area contributed by atoms with Crippen LogP contribution in [0.3, 0.4) is 0 Å². The number of nitrogens with two attached hydrogens (primary N) is 1. The van der Waals surface area contributed by atoms with Crippen molar-refractivity contribution in [3.05, 3.63) is 101 Å². The van der Waals surface area contributed by atoms with Crippen LogP contribution in [-0.4, -0.2) is 76.8 Å². The van der Waals surface area contributed by atoms with E-state index >= 15 is 0 Å². The largest absolute Gasteiger partial charge is 0.495 e. The summed E-state index contributed by atoms with van der Waals surface area (Å²) in [5.41, 5.74) is 8.88. The van der Waals surface area contributed by atoms with E-state index in [0.29, 0.717) is 34.8 Å². The second-order valence-corrected chi connectivity index (χ2v) is 11.5. The summed E-state index contributed by atoms with van der Waals surface area (Å²) in [7, 11) is 3.61. The highest BCUT2D eigenvalue weighted by Crippen LogP contribution is 2.34. The van der Waals surface area contributed by atoms with Gasteiger partial charge in [0.25, 0.3) is 17.7 Å². The molecule has 0 aliphatic carbocycles. The van der Waals surface area contributed by atoms with Crippen molar-refractivity contribution in [3.8, 4) is 5.75 Å². The van der Waals surface area contributed by atoms with E-state index in [1.54, 1.807) is 42.5 Å². The molecule has 1 aromatic heterocycles. The Morgan fingerprint density at radius 1 is 0.935 bits per heavy atom. The molecular weight excluding hydrogens is 584 g/mol. The Bertz CT molecular complexity index is 1730. The van der Waals surface area contributed by atoms with Gasteiger partial charge < -0.3 is 36.2 Å². The number of piperazine rings is 1. The summed E-state index contributed by atoms with van der Waals surface area (Å²) in [5.74, 6) is -0.146. The van der Waals surface area contributed by atoms with Crippen LogP contribution in [0.1, 0.15) is 49.5 Å². The quantitative estimate of drug-likeness (QED) is 0.207. The van der Waals surface area contributed by atoms with Crippen molar-refractivity contribution in [1.82, 2.24) is 25.1 Å². The van der Waals surface area contributed by atoms with Crippen LogP contribution in [0.2, 0.25) is 0 Å². The van der Waals surface area contributed by atoms with E-state index in [1.807, 2.05) is 35.2 Å². The molecule has 3 heterocycles. The van der Waals surface area contributed by atoms with Crippen molar-refractivity contribution in [3.63, 3.8) is 0 Å². The molecule has 0 saturated carbocycles. The van der Waals surface area contributed by atoms with Crippen LogP contribution in [0.15, 0.2) is 79.0 Å². The van der Waals surface area contributed by atoms with E-state index in [9.17, 15) is 14.4 Å². The zero-order chi connectivity index (χ0) is 32.2. The molecule has 12 nitrogen and oxygen atoms in total. The second kappa shape index (κ2) is 13.2. The summed E-state index contributed by atoms with van der Waals surface area (Å²) in [6.45, 7) is 2.16. The van der Waals surface area contributed by atoms with E-state index in [1.165, 1.54) is 13.3 Å². The normalized spacial score (nSPS) is 17.3. The Kier molecular flexibility index (Phi) is 8.79. The third-order valence-electron chi connectivity index (χ3n) is 8.35. The lowest BCUT2D eigenvalue weighted by Crippen LogP contribution is -2.54. The highest BCUT2D eigenvalue weighted by molar-refractivity contribution is 5.99. The summed E-state index contributed by atoms with van der Waals surface area (Å²) in [6.07, 6.45) is 3.34. The molecule has 12 heteroatoms. The van der Waals surface area contributed by atoms with Gasteiger partial charge in [0.1, 0.15) is 17.1 Å². The number of methoxy groups -OCH3 is 1. The fourth-order valence-electron chi connectivity index (χ4n) is 6.08. The standard InChI is InChI=1S/C34H36N8O4/c1-41-19-25-13-14-26(20-41)42(25)33(45)23-10-15-28(29(16-23)46-2)39-31-27(30(35)43)18-37-34(40-31)38-24-11-8-22(9-12-24)32(44)36-17-21-6-4-3-5-7-21/h3-12,15-16,18,25-26H,13-14,17,19-20H2,1-2H3,(H2,35,43)(H,36,44)(H2,37,38,39,40). The van der Waals surface area contributed by atoms with Crippen molar-refractivity contribution < 1.29 is 19.1 Å². The molecule has 2 fully saturated rings. The Morgan fingerprint density at radius 3 is 2.30 bits per heavy atom. The number of ether oxygens (including phenoxy) is 1. The molecule has 3 amide bonds. The molecule has 2 aliphatic heterocycles. The van der Waals surface area contributed by atoms with Gasteiger partial charge in [-0.3, -0.25) is 14.4 Å². The molecule has 2 atom stereocenters. The Labute approximate surface area is 267 Å². The van der Waals surface area contributed by atoms with Crippen LogP contribution >= 0.6 is 0 Å². The highest BCUT2D eigenvalue weighted by atomic mass is 16.5. The first kappa shape index (κ1) is 30.5. The molecule has 2 aliphatic rings. The van der Waals surface area contributed by atoms with E-state index in [4.69, 9.17) is 10.5 Å². The monoisotopic (exact) mass is 620 g/mol. The van der Waals surface area contributed by atoms with Gasteiger partial charge >= 0.3 is 0 Å². The van der Waals surface area contributed by atoms with Gasteiger partial charge in [-0.1, -0.05) is 30.3 Å². The first-order valence-corrected chi connectivity index (χ1v) is 15.1. The molecule has 2 bridgehead atoms. The van der Waals surface area contributed by atoms with E-state index < -0.39 is 5.91 Å². The average molecular weight is 621 g/mol. The molecule has 4 aromatic rings. The molecule has 2 unspecified atom stereocenters. The number of hydrogen-bond donors (Lipinski definition) is 4. The predicted molar refractivity (Wildman–Crippen MR) is 175 cm³/mol. The molecule has 46 heavy (non-hydrogen) atoms. The topological polar surface area (TPSA) is 155 Å². The fraction of sp³-hybridized carbons (Fsp3) is 0.265. The minimum atomic E-state index is -0.712. The van der Waals surface area contributed by atoms with Gasteiger partial charge in [-0.2, -0.15) is 4.98 Å². The highest BCUT2D eigenvalue weighted by Gasteiger charge is 2.41. The Balaban J connectivity index is 1.16. The SMILES string of the molecule is COc1cc(C(=O)N2C3CCC2CN(C)C3)ccc1Nc1nc(Nc2ccc(C(=O)NCc3ccccc3)cc2)ncc1C(N)=O. The summed E-state index contributed by atoms with van der Waals surface area (Å²) >= 11 is 0. The minimum absolute atomic E-state index is 0.0171. The smallest absolute Gasteiger partial charge is 0.254 e. The van der Waals surface area contributed by atoms with Gasteiger partial charge in [-0.05, 0) is 67.9 Å². The zero-order valence-corrected chi connectivity index (χ0v) is 25.7. The van der Waals surface area contributed by atoms with Crippen LogP contribution in [0, 0.1) is 0 Å². The van der Waals surface area contributed by atoms with Crippen molar-refractivity contribution in [2.24, 2.45) is 5.73 Å². The van der Waals surface area contributed by atoms with Gasteiger partial charge in [-0.15, -0.1) is 0 Å². The molecular formula is C34H36N8O4. The lowest BCUT2D eigenvalue weighted by atomic mass is 10.1. The van der Waals surface area contributed by atoms with Crippen LogP contribution in [0.25, 0.3) is 0 Å². The average Bonchev–Trinajstić information content (AvgIpc) is 3.34. The maximum atomic E-state index is 13.5. The Hall–Kier alpha value is -5.49. The summed E-state index contributed by atoms with van der Waals surface area (Å²) < 4.78 is 5.63. The lowest BCUT2D eigenvalue weighted by Gasteiger charge is -2.39. The first-order chi connectivity index (χ1) is 22.3. The second-order valence-electron chi connectivity index (χ2n) is 11.5. The van der Waals surface area contributed by atoms with Crippen molar-refractivity contribution in [1.29, 1.82) is 0 Å². The maximum Gasteiger partial charge on any atom is 0.254 e. The summed E-state index contributed by atoms with van der Waals surface area (Å²) in [5, 5.41) is 9.13. The Morgan fingerprint density at radius 2 is 1.63 bits per heavy atom. The first-order valence-electron chi connectivity index (χ1n) is 15.1. The summed E-state index contributed by atoms with van der Waals surface area (Å²) in [4.78, 5) is 51.4. The van der Waals surface area contributed by atoms with Crippen molar-refractivity contribution >= 4 is 40.9 Å². The minimum Gasteiger partial charge on any atom is -0.495 e. The number of likely N-dealkylation sites (tertiary alicyclic amines) is 1. The predicted octanol–water partition coefficient (Wildman–Crippen LogP) is 3.92. The molecule has 3 aromatic carbocycles. The number of aromatic nitrogens is 2. The molecule has 0 spiro atoms. The van der Waals surface area contributed by atoms with Crippen molar-refractivity contribution in [2.45, 2.75) is 31.5 Å².